The minimum Gasteiger partial charge on any atom is -0.353 e. The van der Waals surface area contributed by atoms with Crippen LogP contribution in [0.25, 0.3) is 11.3 Å². The number of nitrogens with one attached hydrogen (secondary N) is 1. The second kappa shape index (κ2) is 9.07. The fourth-order valence-corrected chi connectivity index (χ4v) is 3.69. The molecule has 0 saturated heterocycles. The summed E-state index contributed by atoms with van der Waals surface area (Å²) in [5.41, 5.74) is 1.05. The topological polar surface area (TPSA) is 85.6 Å². The van der Waals surface area contributed by atoms with Gasteiger partial charge < -0.3 is 5.32 Å². The third-order valence-electron chi connectivity index (χ3n) is 3.54. The molecule has 0 fully saturated rings. The van der Waals surface area contributed by atoms with Gasteiger partial charge in [0.1, 0.15) is 5.01 Å². The lowest BCUT2D eigenvalue weighted by Gasteiger charge is -2.16. The van der Waals surface area contributed by atoms with E-state index in [4.69, 9.17) is 0 Å². The number of hydrogen-bond donors (Lipinski definition) is 1. The summed E-state index contributed by atoms with van der Waals surface area (Å²) in [7, 11) is 0. The van der Waals surface area contributed by atoms with Crippen molar-refractivity contribution in [3.05, 3.63) is 51.0 Å². The molecule has 0 amide bonds. The van der Waals surface area contributed by atoms with Crippen LogP contribution in [-0.2, 0) is 6.54 Å². The summed E-state index contributed by atoms with van der Waals surface area (Å²) >= 11 is 5.25. The molecule has 0 bridgehead atoms. The number of alkyl halides is 3. The van der Waals surface area contributed by atoms with Crippen molar-refractivity contribution >= 4 is 62.5 Å². The van der Waals surface area contributed by atoms with Gasteiger partial charge in [-0.3, -0.25) is 4.79 Å². The monoisotopic (exact) mass is 626 g/mol. The summed E-state index contributed by atoms with van der Waals surface area (Å²) < 4.78 is 13.6. The predicted molar refractivity (Wildman–Crippen MR) is 125 cm³/mol. The molecule has 0 aromatic carbocycles. The van der Waals surface area contributed by atoms with Crippen molar-refractivity contribution in [3.8, 4) is 11.3 Å². The number of aromatic nitrogens is 5. The number of hydrogen-bond acceptors (Lipinski definition) is 7. The number of rotatable bonds is 7. The molecule has 3 rings (SSSR count). The first-order valence-corrected chi connectivity index (χ1v) is 11.4. The van der Waals surface area contributed by atoms with Gasteiger partial charge in [0.05, 0.1) is 12.2 Å². The van der Waals surface area contributed by atoms with Gasteiger partial charge >= 0.3 is 0 Å². The van der Waals surface area contributed by atoms with Gasteiger partial charge in [0.25, 0.3) is 5.56 Å². The van der Waals surface area contributed by atoms with Gasteiger partial charge in [0.15, 0.2) is 0 Å². The van der Waals surface area contributed by atoms with Gasteiger partial charge in [0, 0.05) is 45.1 Å². The van der Waals surface area contributed by atoms with E-state index in [0.29, 0.717) is 22.2 Å². The molecule has 0 saturated carbocycles. The highest BCUT2D eigenvalue weighted by Crippen LogP contribution is 2.28. The maximum atomic E-state index is 13.3. The first kappa shape index (κ1) is 21.5. The molecule has 0 aliphatic carbocycles. The summed E-state index contributed by atoms with van der Waals surface area (Å²) in [6, 6.07) is 3.09. The fourth-order valence-electron chi connectivity index (χ4n) is 2.20. The van der Waals surface area contributed by atoms with E-state index in [-0.39, 0.29) is 15.5 Å². The zero-order valence-corrected chi connectivity index (χ0v) is 20.2. The second-order valence-electron chi connectivity index (χ2n) is 6.55. The molecule has 1 atom stereocenters. The quantitative estimate of drug-likeness (QED) is 0.312. The van der Waals surface area contributed by atoms with Crippen LogP contribution in [0.2, 0.25) is 0 Å². The average Bonchev–Trinajstić information content (AvgIpc) is 3.11. The van der Waals surface area contributed by atoms with Crippen LogP contribution in [0.15, 0.2) is 35.5 Å². The van der Waals surface area contributed by atoms with Crippen molar-refractivity contribution in [2.75, 3.05) is 11.9 Å². The third kappa shape index (κ3) is 5.89. The second-order valence-corrected chi connectivity index (χ2v) is 11.7. The molecule has 28 heavy (non-hydrogen) atoms. The summed E-state index contributed by atoms with van der Waals surface area (Å²) in [4.78, 5) is 25.6. The normalized spacial score (nSPS) is 12.8. The lowest BCUT2D eigenvalue weighted by Crippen LogP contribution is -2.23. The van der Waals surface area contributed by atoms with Crippen molar-refractivity contribution in [1.29, 1.82) is 0 Å². The van der Waals surface area contributed by atoms with Crippen molar-refractivity contribution in [1.82, 2.24) is 24.7 Å². The number of anilines is 1. The van der Waals surface area contributed by atoms with E-state index in [0.717, 1.165) is 11.4 Å². The molecule has 7 nitrogen and oxygen atoms in total. The Kier molecular flexibility index (Phi) is 6.96. The molecule has 3 heterocycles. The molecule has 11 heteroatoms. The highest BCUT2D eigenvalue weighted by atomic mass is 127. The minimum atomic E-state index is -1.16. The summed E-state index contributed by atoms with van der Waals surface area (Å²) in [5.74, 6) is 0.540. The van der Waals surface area contributed by atoms with Crippen molar-refractivity contribution < 1.29 is 4.39 Å². The summed E-state index contributed by atoms with van der Waals surface area (Å²) in [6.07, 6.45) is 4.91. The van der Waals surface area contributed by atoms with Crippen LogP contribution in [0.5, 0.6) is 0 Å². The molecular formula is C17H17FI2N6OS. The van der Waals surface area contributed by atoms with Crippen molar-refractivity contribution in [2.45, 2.75) is 28.0 Å². The Labute approximate surface area is 192 Å². The van der Waals surface area contributed by atoms with Crippen LogP contribution in [0, 0.1) is 0 Å². The van der Waals surface area contributed by atoms with Gasteiger partial charge in [-0.15, -0.1) is 11.3 Å². The maximum Gasteiger partial charge on any atom is 0.267 e. The Morgan fingerprint density at radius 2 is 1.96 bits per heavy atom. The largest absolute Gasteiger partial charge is 0.353 e. The number of halogens is 3. The fraction of sp³-hybridized carbons (Fsp3) is 0.353. The van der Waals surface area contributed by atoms with E-state index in [2.05, 4.69) is 61.8 Å². The van der Waals surface area contributed by atoms with E-state index in [1.54, 1.807) is 47.2 Å². The molecule has 148 valence electrons. The van der Waals surface area contributed by atoms with Crippen LogP contribution in [0.1, 0.15) is 27.9 Å². The molecule has 1 N–H and O–H groups in total. The Morgan fingerprint density at radius 1 is 1.25 bits per heavy atom. The van der Waals surface area contributed by atoms with Gasteiger partial charge in [-0.25, -0.2) is 24.0 Å². The average molecular weight is 626 g/mol. The molecule has 3 aromatic rings. The standard InChI is InChI=1S/C17H17FI2N6OS/c1-17(2,20)9-24-16-22-5-10(6-23-16)12-3-4-13(27)26(25-12)8-11-7-21-15(28-11)14(18)19/h3-7,14H,8-9H2,1-2H3,(H,22,23,24). The van der Waals surface area contributed by atoms with E-state index in [9.17, 15) is 9.18 Å². The summed E-state index contributed by atoms with van der Waals surface area (Å²) in [6.45, 7) is 5.20. The van der Waals surface area contributed by atoms with Crippen LogP contribution < -0.4 is 10.9 Å². The molecule has 0 aliphatic rings. The lowest BCUT2D eigenvalue weighted by molar-refractivity contribution is 0.489. The molecule has 0 spiro atoms. The highest BCUT2D eigenvalue weighted by Gasteiger charge is 2.14. The van der Waals surface area contributed by atoms with Crippen LogP contribution in [0.4, 0.5) is 10.3 Å². The molecular weight excluding hydrogens is 609 g/mol. The van der Waals surface area contributed by atoms with Crippen molar-refractivity contribution in [2.24, 2.45) is 0 Å². The number of nitrogens with zero attached hydrogens (tertiary/aromatic N) is 5. The van der Waals surface area contributed by atoms with Gasteiger partial charge in [-0.05, 0) is 42.5 Å². The van der Waals surface area contributed by atoms with Gasteiger partial charge in [-0.2, -0.15) is 5.10 Å². The highest BCUT2D eigenvalue weighted by molar-refractivity contribution is 14.1. The minimum absolute atomic E-state index is 0.0901. The predicted octanol–water partition coefficient (Wildman–Crippen LogP) is 4.23. The first-order chi connectivity index (χ1) is 13.2. The van der Waals surface area contributed by atoms with E-state index in [1.165, 1.54) is 22.1 Å². The molecule has 3 aromatic heterocycles. The maximum absolute atomic E-state index is 13.3. The summed E-state index contributed by atoms with van der Waals surface area (Å²) in [5, 5.41) is 7.96. The Balaban J connectivity index is 1.77. The molecule has 0 aliphatic heterocycles. The zero-order valence-electron chi connectivity index (χ0n) is 15.1. The van der Waals surface area contributed by atoms with Crippen LogP contribution in [-0.4, -0.2) is 34.7 Å². The van der Waals surface area contributed by atoms with Gasteiger partial charge in [-0.1, -0.05) is 22.6 Å². The molecule has 1 unspecified atom stereocenters. The zero-order chi connectivity index (χ0) is 20.3. The molecule has 0 radical (unpaired) electrons. The SMILES string of the molecule is CC(C)(I)CNc1ncc(-c2ccc(=O)n(Cc3cnc(C(F)I)s3)n2)cn1. The Hall–Kier alpha value is -1.22. The van der Waals surface area contributed by atoms with Crippen LogP contribution >= 0.6 is 56.5 Å². The Morgan fingerprint density at radius 3 is 2.57 bits per heavy atom. The first-order valence-electron chi connectivity index (χ1n) is 8.27. The van der Waals surface area contributed by atoms with Gasteiger partial charge in [0.2, 0.25) is 10.1 Å². The number of thiazole rings is 1. The van der Waals surface area contributed by atoms with E-state index in [1.807, 2.05) is 0 Å². The third-order valence-corrected chi connectivity index (χ3v) is 5.96. The smallest absolute Gasteiger partial charge is 0.267 e. The van der Waals surface area contributed by atoms with E-state index >= 15 is 0 Å². The van der Waals surface area contributed by atoms with E-state index < -0.39 is 4.18 Å². The lowest BCUT2D eigenvalue weighted by atomic mass is 10.2. The van der Waals surface area contributed by atoms with Crippen LogP contribution in [0.3, 0.4) is 0 Å². The van der Waals surface area contributed by atoms with Crippen molar-refractivity contribution in [3.63, 3.8) is 0 Å². The Bertz CT molecular complexity index is 1000.